The minimum Gasteiger partial charge on any atom is -0.507 e. The fourth-order valence-electron chi connectivity index (χ4n) is 2.18. The molecular formula is C18H14N2O3S. The summed E-state index contributed by atoms with van der Waals surface area (Å²) in [6.07, 6.45) is 2.24. The largest absolute Gasteiger partial charge is 0.507 e. The molecule has 0 fully saturated rings. The van der Waals surface area contributed by atoms with Gasteiger partial charge < -0.3 is 10.4 Å². The van der Waals surface area contributed by atoms with Crippen LogP contribution in [0.25, 0.3) is 11.3 Å². The van der Waals surface area contributed by atoms with E-state index in [0.717, 1.165) is 16.8 Å². The van der Waals surface area contributed by atoms with E-state index in [1.54, 1.807) is 17.5 Å². The van der Waals surface area contributed by atoms with E-state index in [1.165, 1.54) is 18.2 Å². The molecule has 0 saturated heterocycles. The number of amides is 1. The molecule has 2 N–H and O–H groups in total. The number of aromatic hydroxyl groups is 1. The Morgan fingerprint density at radius 3 is 2.79 bits per heavy atom. The summed E-state index contributed by atoms with van der Waals surface area (Å²) in [5.41, 5.74) is 3.24. The summed E-state index contributed by atoms with van der Waals surface area (Å²) >= 11 is 1.61. The van der Waals surface area contributed by atoms with Crippen molar-refractivity contribution in [2.45, 2.75) is 6.54 Å². The maximum absolute atomic E-state index is 12.1. The molecule has 1 aromatic carbocycles. The lowest BCUT2D eigenvalue weighted by Gasteiger charge is -2.07. The van der Waals surface area contributed by atoms with Crippen LogP contribution in [-0.2, 0) is 6.54 Å². The maximum atomic E-state index is 12.1. The minimum atomic E-state index is -0.319. The van der Waals surface area contributed by atoms with E-state index >= 15 is 0 Å². The van der Waals surface area contributed by atoms with Gasteiger partial charge in [-0.1, -0.05) is 6.07 Å². The van der Waals surface area contributed by atoms with Gasteiger partial charge in [0.2, 0.25) is 0 Å². The Bertz CT molecular complexity index is 858. The second-order valence-corrected chi connectivity index (χ2v) is 5.92. The van der Waals surface area contributed by atoms with E-state index in [9.17, 15) is 14.7 Å². The number of pyridine rings is 1. The third-order valence-electron chi connectivity index (χ3n) is 3.51. The average molecular weight is 338 g/mol. The van der Waals surface area contributed by atoms with Crippen molar-refractivity contribution in [1.82, 2.24) is 10.3 Å². The van der Waals surface area contributed by atoms with Gasteiger partial charge in [-0.05, 0) is 41.3 Å². The third kappa shape index (κ3) is 3.49. The zero-order valence-electron chi connectivity index (χ0n) is 12.6. The number of nitrogens with one attached hydrogen (secondary N) is 1. The van der Waals surface area contributed by atoms with Gasteiger partial charge >= 0.3 is 0 Å². The number of hydrogen-bond donors (Lipinski definition) is 2. The number of benzene rings is 1. The molecule has 2 heterocycles. The molecule has 0 bridgehead atoms. The Kier molecular flexibility index (Phi) is 4.67. The molecule has 0 aliphatic rings. The van der Waals surface area contributed by atoms with Crippen LogP contribution in [0.15, 0.2) is 53.4 Å². The second-order valence-electron chi connectivity index (χ2n) is 5.14. The number of aldehydes is 1. The van der Waals surface area contributed by atoms with Crippen molar-refractivity contribution in [2.75, 3.05) is 0 Å². The highest BCUT2D eigenvalue weighted by atomic mass is 32.1. The van der Waals surface area contributed by atoms with Crippen molar-refractivity contribution in [3.05, 3.63) is 70.0 Å². The van der Waals surface area contributed by atoms with Crippen LogP contribution in [0.2, 0.25) is 0 Å². The van der Waals surface area contributed by atoms with Crippen molar-refractivity contribution in [3.63, 3.8) is 0 Å². The van der Waals surface area contributed by atoms with Crippen LogP contribution in [0.4, 0.5) is 0 Å². The van der Waals surface area contributed by atoms with Gasteiger partial charge in [0.05, 0.1) is 11.3 Å². The summed E-state index contributed by atoms with van der Waals surface area (Å²) in [7, 11) is 0. The molecule has 6 heteroatoms. The Hall–Kier alpha value is -2.99. The average Bonchev–Trinajstić information content (AvgIpc) is 3.15. The highest BCUT2D eigenvalue weighted by molar-refractivity contribution is 7.08. The number of carbonyl (C=O) groups is 2. The molecular weight excluding hydrogens is 324 g/mol. The number of phenols is 1. The standard InChI is InChI=1S/C18H14N2O3S/c21-10-15-7-13(2-4-17(15)22)18(23)20-9-12-1-3-16(19-8-12)14-5-6-24-11-14/h1-8,10-11,22H,9H2,(H,20,23). The molecule has 3 rings (SSSR count). The predicted octanol–water partition coefficient (Wildman–Crippen LogP) is 3.26. The summed E-state index contributed by atoms with van der Waals surface area (Å²) in [6, 6.07) is 9.98. The number of rotatable bonds is 5. The summed E-state index contributed by atoms with van der Waals surface area (Å²) in [5.74, 6) is -0.463. The molecule has 0 spiro atoms. The van der Waals surface area contributed by atoms with Gasteiger partial charge in [-0.2, -0.15) is 11.3 Å². The molecule has 0 atom stereocenters. The summed E-state index contributed by atoms with van der Waals surface area (Å²) in [4.78, 5) is 27.3. The van der Waals surface area contributed by atoms with Crippen LogP contribution >= 0.6 is 11.3 Å². The number of carbonyl (C=O) groups excluding carboxylic acids is 2. The monoisotopic (exact) mass is 338 g/mol. The van der Waals surface area contributed by atoms with E-state index in [1.807, 2.05) is 29.0 Å². The molecule has 0 aliphatic heterocycles. The first-order valence-electron chi connectivity index (χ1n) is 7.21. The summed E-state index contributed by atoms with van der Waals surface area (Å²) in [5, 5.41) is 16.2. The van der Waals surface area contributed by atoms with Crippen molar-refractivity contribution in [3.8, 4) is 17.0 Å². The van der Waals surface area contributed by atoms with Crippen LogP contribution in [-0.4, -0.2) is 22.3 Å². The molecule has 0 saturated carbocycles. The molecule has 0 unspecified atom stereocenters. The lowest BCUT2D eigenvalue weighted by atomic mass is 10.1. The quantitative estimate of drug-likeness (QED) is 0.700. The Balaban J connectivity index is 1.65. The van der Waals surface area contributed by atoms with Gasteiger partial charge in [0.1, 0.15) is 5.75 Å². The molecule has 120 valence electrons. The van der Waals surface area contributed by atoms with Gasteiger partial charge in [-0.15, -0.1) is 0 Å². The SMILES string of the molecule is O=Cc1cc(C(=O)NCc2ccc(-c3ccsc3)nc2)ccc1O. The Morgan fingerprint density at radius 1 is 1.25 bits per heavy atom. The van der Waals surface area contributed by atoms with Crippen molar-refractivity contribution in [2.24, 2.45) is 0 Å². The summed E-state index contributed by atoms with van der Waals surface area (Å²) in [6.45, 7) is 0.326. The molecule has 1 amide bonds. The van der Waals surface area contributed by atoms with Gasteiger partial charge in [0.15, 0.2) is 6.29 Å². The number of nitrogens with zero attached hydrogens (tertiary/aromatic N) is 1. The zero-order chi connectivity index (χ0) is 16.9. The van der Waals surface area contributed by atoms with Gasteiger partial charge in [-0.3, -0.25) is 14.6 Å². The van der Waals surface area contributed by atoms with Gasteiger partial charge in [0.25, 0.3) is 5.91 Å². The van der Waals surface area contributed by atoms with Crippen LogP contribution in [0.3, 0.4) is 0 Å². The molecule has 5 nitrogen and oxygen atoms in total. The third-order valence-corrected chi connectivity index (χ3v) is 4.19. The fourth-order valence-corrected chi connectivity index (χ4v) is 2.83. The second kappa shape index (κ2) is 7.06. The first-order chi connectivity index (χ1) is 11.7. The Labute approximate surface area is 142 Å². The van der Waals surface area contributed by atoms with Crippen LogP contribution in [0, 0.1) is 0 Å². The van der Waals surface area contributed by atoms with E-state index < -0.39 is 0 Å². The number of phenolic OH excluding ortho intramolecular Hbond substituents is 1. The van der Waals surface area contributed by atoms with Crippen molar-refractivity contribution < 1.29 is 14.7 Å². The van der Waals surface area contributed by atoms with Crippen LogP contribution < -0.4 is 5.32 Å². The van der Waals surface area contributed by atoms with Crippen molar-refractivity contribution in [1.29, 1.82) is 0 Å². The van der Waals surface area contributed by atoms with Crippen LogP contribution in [0.5, 0.6) is 5.75 Å². The molecule has 2 aromatic heterocycles. The zero-order valence-corrected chi connectivity index (χ0v) is 13.4. The minimum absolute atomic E-state index is 0.0874. The number of aromatic nitrogens is 1. The lowest BCUT2D eigenvalue weighted by Crippen LogP contribution is -2.22. The maximum Gasteiger partial charge on any atom is 0.251 e. The highest BCUT2D eigenvalue weighted by Crippen LogP contribution is 2.20. The Morgan fingerprint density at radius 2 is 2.12 bits per heavy atom. The molecule has 0 radical (unpaired) electrons. The van der Waals surface area contributed by atoms with E-state index in [4.69, 9.17) is 0 Å². The van der Waals surface area contributed by atoms with Gasteiger partial charge in [-0.25, -0.2) is 0 Å². The van der Waals surface area contributed by atoms with E-state index in [2.05, 4.69) is 10.3 Å². The highest BCUT2D eigenvalue weighted by Gasteiger charge is 2.09. The normalized spacial score (nSPS) is 10.3. The topological polar surface area (TPSA) is 79.3 Å². The molecule has 3 aromatic rings. The van der Waals surface area contributed by atoms with Crippen LogP contribution in [0.1, 0.15) is 26.3 Å². The fraction of sp³-hybridized carbons (Fsp3) is 0.0556. The molecule has 0 aliphatic carbocycles. The first kappa shape index (κ1) is 15.9. The van der Waals surface area contributed by atoms with Gasteiger partial charge in [0, 0.05) is 29.2 Å². The predicted molar refractivity (Wildman–Crippen MR) is 92.2 cm³/mol. The van der Waals surface area contributed by atoms with E-state index in [-0.39, 0.29) is 17.2 Å². The first-order valence-corrected chi connectivity index (χ1v) is 8.15. The molecule has 24 heavy (non-hydrogen) atoms. The van der Waals surface area contributed by atoms with E-state index in [0.29, 0.717) is 18.4 Å². The summed E-state index contributed by atoms with van der Waals surface area (Å²) < 4.78 is 0. The number of thiophene rings is 1. The lowest BCUT2D eigenvalue weighted by molar-refractivity contribution is 0.0951. The number of hydrogen-bond acceptors (Lipinski definition) is 5. The smallest absolute Gasteiger partial charge is 0.251 e. The van der Waals surface area contributed by atoms with Crippen molar-refractivity contribution >= 4 is 23.5 Å².